The zero-order valence-electron chi connectivity index (χ0n) is 12.2. The Hall–Kier alpha value is -2.55. The molecule has 0 saturated heterocycles. The highest BCUT2D eigenvalue weighted by atomic mass is 16.3. The summed E-state index contributed by atoms with van der Waals surface area (Å²) in [5.74, 6) is 0.286. The molecular weight excluding hydrogens is 260 g/mol. The number of aromatic nitrogens is 1. The van der Waals surface area contributed by atoms with E-state index in [0.29, 0.717) is 0 Å². The van der Waals surface area contributed by atoms with Crippen LogP contribution in [-0.4, -0.2) is 10.1 Å². The van der Waals surface area contributed by atoms with Gasteiger partial charge < -0.3 is 10.4 Å². The first-order chi connectivity index (χ1) is 10.1. The highest BCUT2D eigenvalue weighted by Gasteiger charge is 2.08. The van der Waals surface area contributed by atoms with Crippen molar-refractivity contribution in [1.82, 2.24) is 4.98 Å². The molecule has 0 radical (unpaired) electrons. The molecule has 3 rings (SSSR count). The fourth-order valence-electron chi connectivity index (χ4n) is 2.44. The first kappa shape index (κ1) is 13.4. The molecule has 21 heavy (non-hydrogen) atoms. The lowest BCUT2D eigenvalue weighted by molar-refractivity contribution is 0.475. The van der Waals surface area contributed by atoms with Crippen LogP contribution in [0.3, 0.4) is 0 Å². The Labute approximate surface area is 124 Å². The fourth-order valence-corrected chi connectivity index (χ4v) is 2.44. The van der Waals surface area contributed by atoms with Crippen LogP contribution in [0.25, 0.3) is 10.9 Å². The maximum Gasteiger partial charge on any atom is 0.115 e. The van der Waals surface area contributed by atoms with Crippen LogP contribution in [0, 0.1) is 6.92 Å². The van der Waals surface area contributed by atoms with Crippen LogP contribution in [0.4, 0.5) is 5.69 Å². The molecule has 0 aliphatic rings. The van der Waals surface area contributed by atoms with Gasteiger partial charge in [-0.1, -0.05) is 30.3 Å². The van der Waals surface area contributed by atoms with Crippen molar-refractivity contribution < 1.29 is 5.11 Å². The van der Waals surface area contributed by atoms with E-state index < -0.39 is 0 Å². The van der Waals surface area contributed by atoms with Crippen molar-refractivity contribution in [3.8, 4) is 5.75 Å². The minimum atomic E-state index is 0.138. The molecule has 3 nitrogen and oxygen atoms in total. The Balaban J connectivity index is 1.94. The molecule has 2 aromatic carbocycles. The van der Waals surface area contributed by atoms with Crippen LogP contribution < -0.4 is 5.32 Å². The van der Waals surface area contributed by atoms with E-state index in [2.05, 4.69) is 29.4 Å². The van der Waals surface area contributed by atoms with E-state index in [1.54, 1.807) is 12.1 Å². The van der Waals surface area contributed by atoms with Gasteiger partial charge in [-0.2, -0.15) is 0 Å². The van der Waals surface area contributed by atoms with Gasteiger partial charge in [0, 0.05) is 17.1 Å². The number of nitrogens with one attached hydrogen (secondary N) is 1. The van der Waals surface area contributed by atoms with Gasteiger partial charge in [-0.05, 0) is 43.7 Å². The number of aryl methyl sites for hydroxylation is 1. The molecule has 0 saturated carbocycles. The van der Waals surface area contributed by atoms with Gasteiger partial charge in [-0.15, -0.1) is 0 Å². The van der Waals surface area contributed by atoms with Gasteiger partial charge in [0.05, 0.1) is 11.2 Å². The number of hydrogen-bond acceptors (Lipinski definition) is 3. The minimum absolute atomic E-state index is 0.138. The number of pyridine rings is 1. The van der Waals surface area contributed by atoms with Gasteiger partial charge in [0.15, 0.2) is 0 Å². The molecule has 3 aromatic rings. The molecule has 0 fully saturated rings. The number of nitrogens with zero attached hydrogens (tertiary/aromatic N) is 1. The summed E-state index contributed by atoms with van der Waals surface area (Å²) in [6, 6.07) is 17.7. The molecule has 0 spiro atoms. The Bertz CT molecular complexity index is 766. The molecular formula is C18H18N2O. The van der Waals surface area contributed by atoms with Gasteiger partial charge >= 0.3 is 0 Å². The van der Waals surface area contributed by atoms with E-state index in [1.807, 2.05) is 37.3 Å². The maximum atomic E-state index is 9.37. The summed E-state index contributed by atoms with van der Waals surface area (Å²) in [5.41, 5.74) is 4.14. The number of phenolic OH excluding ortho intramolecular Hbond substituents is 1. The highest BCUT2D eigenvalue weighted by molar-refractivity contribution is 5.90. The summed E-state index contributed by atoms with van der Waals surface area (Å²) in [6.45, 7) is 4.10. The molecule has 0 aliphatic heterocycles. The molecule has 3 heteroatoms. The quantitative estimate of drug-likeness (QED) is 0.745. The standard InChI is InChI=1S/C18H18N2O/c1-12-6-7-15-4-3-5-17(18(15)19-12)20-13(2)14-8-10-16(21)11-9-14/h3-11,13,20-21H,1-2H3. The second-order valence-corrected chi connectivity index (χ2v) is 5.29. The maximum absolute atomic E-state index is 9.37. The molecule has 1 unspecified atom stereocenters. The smallest absolute Gasteiger partial charge is 0.115 e. The molecule has 1 heterocycles. The number of anilines is 1. The monoisotopic (exact) mass is 278 g/mol. The van der Waals surface area contributed by atoms with E-state index in [9.17, 15) is 5.11 Å². The normalized spacial score (nSPS) is 12.3. The third-order valence-electron chi connectivity index (χ3n) is 3.62. The minimum Gasteiger partial charge on any atom is -0.508 e. The number of benzene rings is 2. The van der Waals surface area contributed by atoms with Crippen molar-refractivity contribution in [2.75, 3.05) is 5.32 Å². The van der Waals surface area contributed by atoms with E-state index in [1.165, 1.54) is 0 Å². The molecule has 0 aliphatic carbocycles. The summed E-state index contributed by atoms with van der Waals surface area (Å²) >= 11 is 0. The second kappa shape index (κ2) is 5.44. The molecule has 0 amide bonds. The number of fused-ring (bicyclic) bond motifs is 1. The Morgan fingerprint density at radius 3 is 2.52 bits per heavy atom. The molecule has 106 valence electrons. The predicted octanol–water partition coefficient (Wildman–Crippen LogP) is 4.42. The zero-order valence-corrected chi connectivity index (χ0v) is 12.2. The number of phenols is 1. The highest BCUT2D eigenvalue weighted by Crippen LogP contribution is 2.26. The third kappa shape index (κ3) is 2.82. The Kier molecular flexibility index (Phi) is 3.48. The van der Waals surface area contributed by atoms with Gasteiger partial charge in [0.25, 0.3) is 0 Å². The summed E-state index contributed by atoms with van der Waals surface area (Å²) in [4.78, 5) is 4.63. The summed E-state index contributed by atoms with van der Waals surface area (Å²) in [6.07, 6.45) is 0. The molecule has 1 atom stereocenters. The van der Waals surface area contributed by atoms with Crippen molar-refractivity contribution in [2.45, 2.75) is 19.9 Å². The van der Waals surface area contributed by atoms with Crippen LogP contribution in [0.5, 0.6) is 5.75 Å². The van der Waals surface area contributed by atoms with E-state index in [4.69, 9.17) is 0 Å². The van der Waals surface area contributed by atoms with Crippen molar-refractivity contribution in [2.24, 2.45) is 0 Å². The van der Waals surface area contributed by atoms with Crippen LogP contribution in [-0.2, 0) is 0 Å². The topological polar surface area (TPSA) is 45.1 Å². The van der Waals surface area contributed by atoms with Crippen molar-refractivity contribution in [3.63, 3.8) is 0 Å². The third-order valence-corrected chi connectivity index (χ3v) is 3.62. The van der Waals surface area contributed by atoms with E-state index >= 15 is 0 Å². The first-order valence-corrected chi connectivity index (χ1v) is 7.05. The molecule has 2 N–H and O–H groups in total. The fraction of sp³-hybridized carbons (Fsp3) is 0.167. The largest absolute Gasteiger partial charge is 0.508 e. The van der Waals surface area contributed by atoms with Crippen LogP contribution >= 0.6 is 0 Å². The van der Waals surface area contributed by atoms with Gasteiger partial charge in [-0.25, -0.2) is 0 Å². The lowest BCUT2D eigenvalue weighted by Crippen LogP contribution is -2.07. The van der Waals surface area contributed by atoms with E-state index in [0.717, 1.165) is 27.8 Å². The summed E-state index contributed by atoms with van der Waals surface area (Å²) < 4.78 is 0. The number of rotatable bonds is 3. The van der Waals surface area contributed by atoms with Crippen molar-refractivity contribution in [1.29, 1.82) is 0 Å². The van der Waals surface area contributed by atoms with Crippen molar-refractivity contribution >= 4 is 16.6 Å². The molecule has 1 aromatic heterocycles. The van der Waals surface area contributed by atoms with Crippen molar-refractivity contribution in [3.05, 3.63) is 65.9 Å². The van der Waals surface area contributed by atoms with E-state index in [-0.39, 0.29) is 11.8 Å². The first-order valence-electron chi connectivity index (χ1n) is 7.05. The van der Waals surface area contributed by atoms with Crippen LogP contribution in [0.2, 0.25) is 0 Å². The Morgan fingerprint density at radius 2 is 1.76 bits per heavy atom. The average Bonchev–Trinajstić information content (AvgIpc) is 2.48. The lowest BCUT2D eigenvalue weighted by Gasteiger charge is -2.17. The SMILES string of the molecule is Cc1ccc2cccc(NC(C)c3ccc(O)cc3)c2n1. The summed E-state index contributed by atoms with van der Waals surface area (Å²) in [7, 11) is 0. The van der Waals surface area contributed by atoms with Gasteiger partial charge in [-0.3, -0.25) is 4.98 Å². The number of hydrogen-bond donors (Lipinski definition) is 2. The second-order valence-electron chi connectivity index (χ2n) is 5.29. The molecule has 0 bridgehead atoms. The summed E-state index contributed by atoms with van der Waals surface area (Å²) in [5, 5.41) is 14.0. The number of aromatic hydroxyl groups is 1. The zero-order chi connectivity index (χ0) is 14.8. The van der Waals surface area contributed by atoms with Gasteiger partial charge in [0.2, 0.25) is 0 Å². The number of para-hydroxylation sites is 1. The van der Waals surface area contributed by atoms with Crippen LogP contribution in [0.15, 0.2) is 54.6 Å². The lowest BCUT2D eigenvalue weighted by atomic mass is 10.1. The predicted molar refractivity (Wildman–Crippen MR) is 86.6 cm³/mol. The van der Waals surface area contributed by atoms with Crippen LogP contribution in [0.1, 0.15) is 24.2 Å². The average molecular weight is 278 g/mol. The Morgan fingerprint density at radius 1 is 1.00 bits per heavy atom. The van der Waals surface area contributed by atoms with Gasteiger partial charge in [0.1, 0.15) is 5.75 Å².